The summed E-state index contributed by atoms with van der Waals surface area (Å²) in [4.78, 5) is 24.1. The summed E-state index contributed by atoms with van der Waals surface area (Å²) in [6.45, 7) is 0. The molecule has 1 amide bonds. The second kappa shape index (κ2) is 5.99. The minimum atomic E-state index is -0.438. The van der Waals surface area contributed by atoms with E-state index in [1.165, 1.54) is 7.11 Å². The van der Waals surface area contributed by atoms with E-state index < -0.39 is 5.97 Å². The van der Waals surface area contributed by atoms with Crippen molar-refractivity contribution >= 4 is 44.8 Å². The third kappa shape index (κ3) is 3.42. The number of hydrogen-bond donors (Lipinski definition) is 1. The van der Waals surface area contributed by atoms with Gasteiger partial charge < -0.3 is 10.1 Å². The number of hydrogen-bond acceptors (Lipinski definition) is 4. The van der Waals surface area contributed by atoms with Crippen LogP contribution in [-0.2, 0) is 4.74 Å². The topological polar surface area (TPSA) is 55.4 Å². The zero-order valence-electron chi connectivity index (χ0n) is 9.98. The van der Waals surface area contributed by atoms with Crippen molar-refractivity contribution in [1.82, 2.24) is 0 Å². The van der Waals surface area contributed by atoms with Gasteiger partial charge in [0.25, 0.3) is 5.91 Å². The molecule has 98 valence electrons. The molecule has 6 heteroatoms. The first-order chi connectivity index (χ1) is 9.10. The first-order valence-electron chi connectivity index (χ1n) is 5.35. The molecule has 0 aliphatic carbocycles. The quantitative estimate of drug-likeness (QED) is 0.870. The molecule has 0 radical (unpaired) electrons. The number of rotatable bonds is 3. The first-order valence-corrected chi connectivity index (χ1v) is 6.96. The number of esters is 1. The second-order valence-electron chi connectivity index (χ2n) is 3.62. The van der Waals surface area contributed by atoms with Gasteiger partial charge in [0, 0.05) is 10.2 Å². The Balaban J connectivity index is 2.12. The van der Waals surface area contributed by atoms with E-state index in [-0.39, 0.29) is 5.91 Å². The van der Waals surface area contributed by atoms with Crippen molar-refractivity contribution < 1.29 is 14.3 Å². The molecule has 2 aromatic rings. The molecule has 0 saturated carbocycles. The second-order valence-corrected chi connectivity index (χ2v) is 5.62. The van der Waals surface area contributed by atoms with Crippen molar-refractivity contribution in [2.24, 2.45) is 0 Å². The zero-order chi connectivity index (χ0) is 13.8. The number of carbonyl (C=O) groups excluding carboxylic acids is 2. The Hall–Kier alpha value is -1.66. The Morgan fingerprint density at radius 3 is 2.63 bits per heavy atom. The van der Waals surface area contributed by atoms with Crippen molar-refractivity contribution in [3.8, 4) is 0 Å². The van der Waals surface area contributed by atoms with E-state index in [9.17, 15) is 9.59 Å². The minimum absolute atomic E-state index is 0.252. The van der Waals surface area contributed by atoms with E-state index in [2.05, 4.69) is 26.0 Å². The third-order valence-corrected chi connectivity index (χ3v) is 3.86. The summed E-state index contributed by atoms with van der Waals surface area (Å²) in [6.07, 6.45) is 0. The molecule has 1 heterocycles. The number of amides is 1. The molecule has 0 fully saturated rings. The predicted molar refractivity (Wildman–Crippen MR) is 77.8 cm³/mol. The fourth-order valence-corrected chi connectivity index (χ4v) is 2.65. The fourth-order valence-electron chi connectivity index (χ4n) is 1.43. The van der Waals surface area contributed by atoms with Crippen LogP contribution in [0.15, 0.2) is 40.9 Å². The molecule has 2 rings (SSSR count). The lowest BCUT2D eigenvalue weighted by Gasteiger charge is -2.03. The van der Waals surface area contributed by atoms with E-state index >= 15 is 0 Å². The molecule has 0 unspecified atom stereocenters. The van der Waals surface area contributed by atoms with Gasteiger partial charge in [0.2, 0.25) is 0 Å². The molecule has 1 aromatic heterocycles. The summed E-state index contributed by atoms with van der Waals surface area (Å²) in [5.41, 5.74) is 0.687. The molecular formula is C13H10BrNO3S. The average molecular weight is 340 g/mol. The standard InChI is InChI=1S/C13H10BrNO3S/c1-18-13(17)11-6-5-10(19-11)12(16)15-9-4-2-3-8(14)7-9/h2-7H,1H3,(H,15,16). The SMILES string of the molecule is COC(=O)c1ccc(C(=O)Nc2cccc(Br)c2)s1. The van der Waals surface area contributed by atoms with Gasteiger partial charge in [0.1, 0.15) is 4.88 Å². The third-order valence-electron chi connectivity index (χ3n) is 2.30. The van der Waals surface area contributed by atoms with Gasteiger partial charge in [-0.1, -0.05) is 22.0 Å². The summed E-state index contributed by atoms with van der Waals surface area (Å²) in [5.74, 6) is -0.690. The highest BCUT2D eigenvalue weighted by Crippen LogP contribution is 2.20. The normalized spacial score (nSPS) is 10.0. The maximum absolute atomic E-state index is 12.0. The number of ether oxygens (including phenoxy) is 1. The number of thiophene rings is 1. The van der Waals surface area contributed by atoms with Crippen LogP contribution in [0.25, 0.3) is 0 Å². The fraction of sp³-hybridized carbons (Fsp3) is 0.0769. The maximum Gasteiger partial charge on any atom is 0.348 e. The van der Waals surface area contributed by atoms with Crippen LogP contribution in [0.1, 0.15) is 19.3 Å². The van der Waals surface area contributed by atoms with E-state index in [0.717, 1.165) is 15.8 Å². The highest BCUT2D eigenvalue weighted by Gasteiger charge is 2.14. The van der Waals surface area contributed by atoms with Crippen molar-refractivity contribution in [2.45, 2.75) is 0 Å². The number of nitrogens with one attached hydrogen (secondary N) is 1. The lowest BCUT2D eigenvalue weighted by Crippen LogP contribution is -2.09. The van der Waals surface area contributed by atoms with Crippen LogP contribution < -0.4 is 5.32 Å². The van der Waals surface area contributed by atoms with E-state index in [4.69, 9.17) is 0 Å². The molecular weight excluding hydrogens is 330 g/mol. The Kier molecular flexibility index (Phi) is 4.34. The van der Waals surface area contributed by atoms with Crippen molar-refractivity contribution in [3.05, 3.63) is 50.6 Å². The highest BCUT2D eigenvalue weighted by atomic mass is 79.9. The lowest BCUT2D eigenvalue weighted by molar-refractivity contribution is 0.0606. The van der Waals surface area contributed by atoms with Gasteiger partial charge in [0.15, 0.2) is 0 Å². The zero-order valence-corrected chi connectivity index (χ0v) is 12.4. The summed E-state index contributed by atoms with van der Waals surface area (Å²) in [5, 5.41) is 2.76. The Morgan fingerprint density at radius 1 is 1.21 bits per heavy atom. The molecule has 0 atom stereocenters. The Labute approximate surface area is 122 Å². The van der Waals surface area contributed by atoms with Crippen molar-refractivity contribution in [2.75, 3.05) is 12.4 Å². The van der Waals surface area contributed by atoms with Crippen LogP contribution in [-0.4, -0.2) is 19.0 Å². The molecule has 1 N–H and O–H groups in total. The smallest absolute Gasteiger partial charge is 0.348 e. The van der Waals surface area contributed by atoms with Crippen LogP contribution in [0, 0.1) is 0 Å². The van der Waals surface area contributed by atoms with Gasteiger partial charge in [-0.2, -0.15) is 0 Å². The molecule has 1 aromatic carbocycles. The van der Waals surface area contributed by atoms with Crippen molar-refractivity contribution in [3.63, 3.8) is 0 Å². The van der Waals surface area contributed by atoms with Crippen LogP contribution in [0.2, 0.25) is 0 Å². The average Bonchev–Trinajstić information content (AvgIpc) is 2.87. The van der Waals surface area contributed by atoms with Gasteiger partial charge >= 0.3 is 5.97 Å². The first kappa shape index (κ1) is 13.8. The van der Waals surface area contributed by atoms with Gasteiger partial charge in [0.05, 0.1) is 12.0 Å². The molecule has 4 nitrogen and oxygen atoms in total. The van der Waals surface area contributed by atoms with Gasteiger partial charge in [-0.3, -0.25) is 4.79 Å². The molecule has 19 heavy (non-hydrogen) atoms. The predicted octanol–water partition coefficient (Wildman–Crippen LogP) is 3.55. The van der Waals surface area contributed by atoms with Gasteiger partial charge in [-0.05, 0) is 30.3 Å². The number of benzene rings is 1. The van der Waals surface area contributed by atoms with E-state index in [1.807, 2.05) is 12.1 Å². The van der Waals surface area contributed by atoms with Crippen molar-refractivity contribution in [1.29, 1.82) is 0 Å². The van der Waals surface area contributed by atoms with E-state index in [1.54, 1.807) is 24.3 Å². The van der Waals surface area contributed by atoms with Gasteiger partial charge in [-0.25, -0.2) is 4.79 Å². The molecule has 0 aliphatic rings. The molecule has 0 bridgehead atoms. The summed E-state index contributed by atoms with van der Waals surface area (Å²) in [6, 6.07) is 10.5. The number of carbonyl (C=O) groups is 2. The maximum atomic E-state index is 12.0. The molecule has 0 saturated heterocycles. The number of anilines is 1. The largest absolute Gasteiger partial charge is 0.465 e. The van der Waals surface area contributed by atoms with Crippen LogP contribution in [0.4, 0.5) is 5.69 Å². The van der Waals surface area contributed by atoms with Crippen LogP contribution >= 0.6 is 27.3 Å². The Bertz CT molecular complexity index is 624. The number of halogens is 1. The summed E-state index contributed by atoms with van der Waals surface area (Å²) < 4.78 is 5.48. The van der Waals surface area contributed by atoms with E-state index in [0.29, 0.717) is 15.4 Å². The monoisotopic (exact) mass is 339 g/mol. The molecule has 0 aliphatic heterocycles. The minimum Gasteiger partial charge on any atom is -0.465 e. The number of methoxy groups -OCH3 is 1. The lowest BCUT2D eigenvalue weighted by atomic mass is 10.3. The van der Waals surface area contributed by atoms with Crippen LogP contribution in [0.3, 0.4) is 0 Å². The Morgan fingerprint density at radius 2 is 1.95 bits per heavy atom. The van der Waals surface area contributed by atoms with Gasteiger partial charge in [-0.15, -0.1) is 11.3 Å². The van der Waals surface area contributed by atoms with Crippen LogP contribution in [0.5, 0.6) is 0 Å². The molecule has 0 spiro atoms. The highest BCUT2D eigenvalue weighted by molar-refractivity contribution is 9.10. The summed E-state index contributed by atoms with van der Waals surface area (Å²) >= 11 is 4.43. The summed E-state index contributed by atoms with van der Waals surface area (Å²) in [7, 11) is 1.31.